The van der Waals surface area contributed by atoms with Crippen LogP contribution in [0.4, 0.5) is 5.69 Å². The van der Waals surface area contributed by atoms with Gasteiger partial charge in [-0.2, -0.15) is 5.26 Å². The molecule has 128 valence electrons. The molecule has 2 aromatic carbocycles. The average molecular weight is 336 g/mol. The molecule has 5 heteroatoms. The van der Waals surface area contributed by atoms with Crippen LogP contribution in [-0.4, -0.2) is 32.8 Å². The van der Waals surface area contributed by atoms with Crippen molar-refractivity contribution in [3.63, 3.8) is 0 Å². The molecule has 0 saturated heterocycles. The fraction of sp³-hybridized carbons (Fsp3) is 0.300. The Balaban J connectivity index is 1.91. The Kier molecular flexibility index (Phi) is 5.32. The molecule has 1 unspecified atom stereocenters. The largest absolute Gasteiger partial charge is 0.493 e. The Labute approximate surface area is 147 Å². The van der Waals surface area contributed by atoms with Crippen LogP contribution in [0.1, 0.15) is 23.5 Å². The summed E-state index contributed by atoms with van der Waals surface area (Å²) in [5, 5.41) is 8.97. The number of hydrogen-bond donors (Lipinski definition) is 0. The van der Waals surface area contributed by atoms with Crippen molar-refractivity contribution in [1.82, 2.24) is 0 Å². The molecule has 1 heterocycles. The number of fused-ring (bicyclic) bond motifs is 1. The van der Waals surface area contributed by atoms with Gasteiger partial charge in [0.1, 0.15) is 5.75 Å². The van der Waals surface area contributed by atoms with Crippen LogP contribution in [0.5, 0.6) is 5.75 Å². The zero-order valence-corrected chi connectivity index (χ0v) is 14.1. The highest BCUT2D eigenvalue weighted by Gasteiger charge is 2.31. The first-order valence-electron chi connectivity index (χ1n) is 8.27. The van der Waals surface area contributed by atoms with E-state index in [4.69, 9.17) is 14.7 Å². The van der Waals surface area contributed by atoms with Crippen LogP contribution in [0.15, 0.2) is 48.5 Å². The molecule has 1 aliphatic heterocycles. The molecule has 25 heavy (non-hydrogen) atoms. The molecule has 0 radical (unpaired) electrons. The molecule has 0 aromatic heterocycles. The molecule has 0 aliphatic carbocycles. The highest BCUT2D eigenvalue weighted by atomic mass is 16.5. The third-order valence-electron chi connectivity index (χ3n) is 4.35. The molecule has 0 N–H and O–H groups in total. The summed E-state index contributed by atoms with van der Waals surface area (Å²) in [4.78, 5) is 15.0. The fourth-order valence-electron chi connectivity index (χ4n) is 3.05. The van der Waals surface area contributed by atoms with Gasteiger partial charge in [-0.25, -0.2) is 0 Å². The Morgan fingerprint density at radius 2 is 2.04 bits per heavy atom. The van der Waals surface area contributed by atoms with Crippen molar-refractivity contribution < 1.29 is 14.3 Å². The van der Waals surface area contributed by atoms with Gasteiger partial charge >= 0.3 is 0 Å². The minimum atomic E-state index is -0.238. The first-order chi connectivity index (χ1) is 12.2. The second kappa shape index (κ2) is 7.82. The maximum Gasteiger partial charge on any atom is 0.234 e. The summed E-state index contributed by atoms with van der Waals surface area (Å²) in [6.07, 6.45) is 0.648. The quantitative estimate of drug-likeness (QED) is 0.842. The third-order valence-corrected chi connectivity index (χ3v) is 4.35. The normalized spacial score (nSPS) is 15.6. The molecule has 2 aromatic rings. The van der Waals surface area contributed by atoms with E-state index in [0.717, 1.165) is 17.0 Å². The first kappa shape index (κ1) is 17.0. The van der Waals surface area contributed by atoms with E-state index in [1.165, 1.54) is 0 Å². The van der Waals surface area contributed by atoms with Gasteiger partial charge in [-0.15, -0.1) is 0 Å². The molecule has 0 bridgehead atoms. The lowest BCUT2D eigenvalue weighted by Crippen LogP contribution is -2.39. The minimum Gasteiger partial charge on any atom is -0.493 e. The maximum atomic E-state index is 13.3. The number of methoxy groups -OCH3 is 1. The van der Waals surface area contributed by atoms with E-state index < -0.39 is 0 Å². The van der Waals surface area contributed by atoms with Crippen molar-refractivity contribution in [3.8, 4) is 11.8 Å². The number of nitrogens with zero attached hydrogens (tertiary/aromatic N) is 2. The molecule has 0 spiro atoms. The number of carbonyl (C=O) groups excluding carboxylic acids is 1. The highest BCUT2D eigenvalue weighted by Crippen LogP contribution is 2.35. The van der Waals surface area contributed by atoms with Crippen molar-refractivity contribution in [3.05, 3.63) is 59.7 Å². The van der Waals surface area contributed by atoms with Gasteiger partial charge in [-0.1, -0.05) is 18.2 Å². The average Bonchev–Trinajstić information content (AvgIpc) is 2.68. The lowest BCUT2D eigenvalue weighted by Gasteiger charge is -2.31. The molecule has 0 fully saturated rings. The van der Waals surface area contributed by atoms with E-state index in [2.05, 4.69) is 6.07 Å². The summed E-state index contributed by atoms with van der Waals surface area (Å²) in [5.74, 6) is 0.563. The monoisotopic (exact) mass is 336 g/mol. The molecular formula is C20H20N2O3. The van der Waals surface area contributed by atoms with Gasteiger partial charge in [-0.05, 0) is 36.8 Å². The molecule has 1 amide bonds. The lowest BCUT2D eigenvalue weighted by molar-refractivity contribution is -0.120. The van der Waals surface area contributed by atoms with Gasteiger partial charge in [0.05, 0.1) is 30.8 Å². The van der Waals surface area contributed by atoms with Crippen LogP contribution >= 0.6 is 0 Å². The standard InChI is InChI=1S/C20H20N2O3/c1-24-13-11-22(16-8-6-15(14-21)7-9-16)20(23)18-10-12-25-19-5-3-2-4-17(18)19/h2-9,18H,10-13H2,1H3. The van der Waals surface area contributed by atoms with E-state index in [1.54, 1.807) is 36.3 Å². The smallest absolute Gasteiger partial charge is 0.234 e. The van der Waals surface area contributed by atoms with Crippen molar-refractivity contribution in [2.24, 2.45) is 0 Å². The fourth-order valence-corrected chi connectivity index (χ4v) is 3.05. The summed E-state index contributed by atoms with van der Waals surface area (Å²) in [6, 6.07) is 16.8. The van der Waals surface area contributed by atoms with Gasteiger partial charge < -0.3 is 14.4 Å². The Morgan fingerprint density at radius 1 is 1.28 bits per heavy atom. The third kappa shape index (κ3) is 3.65. The Bertz CT molecular complexity index is 780. The number of para-hydroxylation sites is 1. The number of nitriles is 1. The van der Waals surface area contributed by atoms with E-state index in [-0.39, 0.29) is 11.8 Å². The molecule has 1 atom stereocenters. The van der Waals surface area contributed by atoms with Gasteiger partial charge in [0.15, 0.2) is 0 Å². The number of ether oxygens (including phenoxy) is 2. The van der Waals surface area contributed by atoms with Crippen LogP contribution in [-0.2, 0) is 9.53 Å². The Hall–Kier alpha value is -2.84. The molecule has 0 saturated carbocycles. The second-order valence-electron chi connectivity index (χ2n) is 5.87. The van der Waals surface area contributed by atoms with Crippen molar-refractivity contribution >= 4 is 11.6 Å². The summed E-state index contributed by atoms with van der Waals surface area (Å²) in [6.45, 7) is 1.43. The van der Waals surface area contributed by atoms with Gasteiger partial charge in [-0.3, -0.25) is 4.79 Å². The molecular weight excluding hydrogens is 316 g/mol. The van der Waals surface area contributed by atoms with Crippen LogP contribution in [0.25, 0.3) is 0 Å². The highest BCUT2D eigenvalue weighted by molar-refractivity contribution is 5.98. The number of benzene rings is 2. The minimum absolute atomic E-state index is 0.0255. The van der Waals surface area contributed by atoms with E-state index >= 15 is 0 Å². The number of amides is 1. The Morgan fingerprint density at radius 3 is 2.76 bits per heavy atom. The zero-order chi connectivity index (χ0) is 17.6. The predicted molar refractivity (Wildman–Crippen MR) is 94.7 cm³/mol. The van der Waals surface area contributed by atoms with Crippen molar-refractivity contribution in [2.75, 3.05) is 31.8 Å². The zero-order valence-electron chi connectivity index (χ0n) is 14.1. The molecule has 1 aliphatic rings. The first-order valence-corrected chi connectivity index (χ1v) is 8.27. The molecule has 3 rings (SSSR count). The van der Waals surface area contributed by atoms with E-state index in [1.807, 2.05) is 24.3 Å². The second-order valence-corrected chi connectivity index (χ2v) is 5.87. The number of hydrogen-bond acceptors (Lipinski definition) is 4. The number of anilines is 1. The van der Waals surface area contributed by atoms with Gasteiger partial charge in [0, 0.05) is 24.9 Å². The van der Waals surface area contributed by atoms with Crippen LogP contribution in [0.2, 0.25) is 0 Å². The van der Waals surface area contributed by atoms with Crippen molar-refractivity contribution in [2.45, 2.75) is 12.3 Å². The van der Waals surface area contributed by atoms with Gasteiger partial charge in [0.2, 0.25) is 5.91 Å². The topological polar surface area (TPSA) is 62.6 Å². The predicted octanol–water partition coefficient (Wildman–Crippen LogP) is 3.10. The summed E-state index contributed by atoms with van der Waals surface area (Å²) >= 11 is 0. The van der Waals surface area contributed by atoms with Crippen LogP contribution < -0.4 is 9.64 Å². The SMILES string of the molecule is COCCN(C(=O)C1CCOc2ccccc21)c1ccc(C#N)cc1. The summed E-state index contributed by atoms with van der Waals surface area (Å²) in [5.41, 5.74) is 2.26. The number of rotatable bonds is 5. The van der Waals surface area contributed by atoms with E-state index in [9.17, 15) is 4.79 Å². The lowest BCUT2D eigenvalue weighted by atomic mass is 9.91. The van der Waals surface area contributed by atoms with E-state index in [0.29, 0.717) is 31.7 Å². The van der Waals surface area contributed by atoms with Crippen LogP contribution in [0, 0.1) is 11.3 Å². The van der Waals surface area contributed by atoms with Crippen molar-refractivity contribution in [1.29, 1.82) is 5.26 Å². The number of carbonyl (C=O) groups is 1. The van der Waals surface area contributed by atoms with Crippen LogP contribution in [0.3, 0.4) is 0 Å². The summed E-state index contributed by atoms with van der Waals surface area (Å²) < 4.78 is 10.8. The maximum absolute atomic E-state index is 13.3. The van der Waals surface area contributed by atoms with Gasteiger partial charge in [0.25, 0.3) is 0 Å². The summed E-state index contributed by atoms with van der Waals surface area (Å²) in [7, 11) is 1.62. The molecule has 5 nitrogen and oxygen atoms in total.